The van der Waals surface area contributed by atoms with Gasteiger partial charge in [0.2, 0.25) is 0 Å². The first-order chi connectivity index (χ1) is 7.69. The Morgan fingerprint density at radius 1 is 1.19 bits per heavy atom. The van der Waals surface area contributed by atoms with Crippen LogP contribution in [0.4, 0.5) is 0 Å². The summed E-state index contributed by atoms with van der Waals surface area (Å²) < 4.78 is 0. The van der Waals surface area contributed by atoms with Gasteiger partial charge in [-0.15, -0.1) is 0 Å². The van der Waals surface area contributed by atoms with Gasteiger partial charge in [-0.25, -0.2) is 0 Å². The molecule has 1 nitrogen and oxygen atoms in total. The van der Waals surface area contributed by atoms with Crippen molar-refractivity contribution in [2.24, 2.45) is 17.8 Å². The molecular weight excluding hydrogens is 194 g/mol. The van der Waals surface area contributed by atoms with Crippen LogP contribution in [0.2, 0.25) is 0 Å². The highest BCUT2D eigenvalue weighted by Gasteiger charge is 2.44. The zero-order valence-corrected chi connectivity index (χ0v) is 11.4. The molecule has 1 aliphatic carbocycles. The molecule has 0 bridgehead atoms. The van der Waals surface area contributed by atoms with Crippen molar-refractivity contribution in [1.29, 1.82) is 0 Å². The van der Waals surface area contributed by atoms with E-state index in [2.05, 4.69) is 26.1 Å². The molecule has 1 saturated heterocycles. The van der Waals surface area contributed by atoms with Crippen molar-refractivity contribution in [3.63, 3.8) is 0 Å². The molecule has 2 rings (SSSR count). The first kappa shape index (κ1) is 12.4. The zero-order chi connectivity index (χ0) is 11.6. The van der Waals surface area contributed by atoms with Crippen LogP contribution in [0.1, 0.15) is 65.7 Å². The van der Waals surface area contributed by atoms with Crippen LogP contribution in [0.5, 0.6) is 0 Å². The third-order valence-corrected chi connectivity index (χ3v) is 5.40. The van der Waals surface area contributed by atoms with Gasteiger partial charge in [-0.2, -0.15) is 0 Å². The van der Waals surface area contributed by atoms with E-state index in [0.717, 1.165) is 17.8 Å². The number of hydrogen-bond donors (Lipinski definition) is 1. The molecule has 1 atom stereocenters. The molecule has 1 heterocycles. The molecule has 16 heavy (non-hydrogen) atoms. The summed E-state index contributed by atoms with van der Waals surface area (Å²) in [7, 11) is 0. The molecule has 0 amide bonds. The van der Waals surface area contributed by atoms with Crippen LogP contribution in [0.15, 0.2) is 0 Å². The van der Waals surface area contributed by atoms with Gasteiger partial charge in [0.15, 0.2) is 0 Å². The largest absolute Gasteiger partial charge is 0.311 e. The fraction of sp³-hybridized carbons (Fsp3) is 1.00. The van der Waals surface area contributed by atoms with E-state index in [9.17, 15) is 0 Å². The SMILES string of the molecule is CCC1CCC(C2(C(C)C)CCCN2)CC1. The fourth-order valence-electron chi connectivity index (χ4n) is 4.19. The molecule has 2 fully saturated rings. The van der Waals surface area contributed by atoms with E-state index in [4.69, 9.17) is 0 Å². The van der Waals surface area contributed by atoms with Gasteiger partial charge >= 0.3 is 0 Å². The lowest BCUT2D eigenvalue weighted by Crippen LogP contribution is -2.52. The summed E-state index contributed by atoms with van der Waals surface area (Å²) in [4.78, 5) is 0. The fourth-order valence-corrected chi connectivity index (χ4v) is 4.19. The van der Waals surface area contributed by atoms with Crippen LogP contribution >= 0.6 is 0 Å². The summed E-state index contributed by atoms with van der Waals surface area (Å²) in [6.45, 7) is 8.46. The van der Waals surface area contributed by atoms with Crippen LogP contribution in [-0.4, -0.2) is 12.1 Å². The first-order valence-corrected chi connectivity index (χ1v) is 7.44. The van der Waals surface area contributed by atoms with Crippen LogP contribution in [0.25, 0.3) is 0 Å². The lowest BCUT2D eigenvalue weighted by Gasteiger charge is -2.45. The molecule has 0 radical (unpaired) electrons. The maximum Gasteiger partial charge on any atom is 0.0233 e. The highest BCUT2D eigenvalue weighted by molar-refractivity contribution is 5.01. The Morgan fingerprint density at radius 2 is 1.88 bits per heavy atom. The Kier molecular flexibility index (Phi) is 3.94. The summed E-state index contributed by atoms with van der Waals surface area (Å²) in [6.07, 6.45) is 10.1. The molecule has 0 aromatic rings. The van der Waals surface area contributed by atoms with Crippen molar-refractivity contribution in [1.82, 2.24) is 5.32 Å². The lowest BCUT2D eigenvalue weighted by atomic mass is 9.66. The molecule has 94 valence electrons. The summed E-state index contributed by atoms with van der Waals surface area (Å²) in [6, 6.07) is 0. The molecule has 1 unspecified atom stereocenters. The number of hydrogen-bond acceptors (Lipinski definition) is 1. The average Bonchev–Trinajstić information content (AvgIpc) is 2.79. The van der Waals surface area contributed by atoms with Gasteiger partial charge in [-0.1, -0.05) is 40.0 Å². The maximum atomic E-state index is 3.87. The predicted molar refractivity (Wildman–Crippen MR) is 70.5 cm³/mol. The molecule has 1 aliphatic heterocycles. The van der Waals surface area contributed by atoms with Crippen LogP contribution in [0.3, 0.4) is 0 Å². The Balaban J connectivity index is 2.00. The Hall–Kier alpha value is -0.0400. The van der Waals surface area contributed by atoms with Gasteiger partial charge in [-0.05, 0) is 50.0 Å². The van der Waals surface area contributed by atoms with Crippen molar-refractivity contribution in [2.45, 2.75) is 71.3 Å². The standard InChI is InChI=1S/C15H29N/c1-4-13-6-8-14(9-7-13)15(12(2)3)10-5-11-16-15/h12-14,16H,4-11H2,1-3H3. The van der Waals surface area contributed by atoms with E-state index in [1.54, 1.807) is 0 Å². The summed E-state index contributed by atoms with van der Waals surface area (Å²) in [5, 5.41) is 3.87. The predicted octanol–water partition coefficient (Wildman–Crippen LogP) is 3.98. The Labute approximate surface area is 101 Å². The van der Waals surface area contributed by atoms with Crippen LogP contribution < -0.4 is 5.32 Å². The van der Waals surface area contributed by atoms with Gasteiger partial charge in [-0.3, -0.25) is 0 Å². The number of nitrogens with one attached hydrogen (secondary N) is 1. The Bertz CT molecular complexity index is 207. The number of rotatable bonds is 3. The first-order valence-electron chi connectivity index (χ1n) is 7.44. The minimum Gasteiger partial charge on any atom is -0.311 e. The third kappa shape index (κ3) is 2.16. The molecule has 1 heteroatoms. The Morgan fingerprint density at radius 3 is 2.31 bits per heavy atom. The summed E-state index contributed by atoms with van der Waals surface area (Å²) in [5.74, 6) is 2.79. The second-order valence-electron chi connectivity index (χ2n) is 6.35. The highest BCUT2D eigenvalue weighted by atomic mass is 15.0. The van der Waals surface area contributed by atoms with Gasteiger partial charge in [0.1, 0.15) is 0 Å². The van der Waals surface area contributed by atoms with Gasteiger partial charge in [0, 0.05) is 5.54 Å². The van der Waals surface area contributed by atoms with E-state index in [-0.39, 0.29) is 0 Å². The molecule has 0 aromatic heterocycles. The van der Waals surface area contributed by atoms with Gasteiger partial charge in [0.25, 0.3) is 0 Å². The lowest BCUT2D eigenvalue weighted by molar-refractivity contribution is 0.110. The monoisotopic (exact) mass is 223 g/mol. The second-order valence-corrected chi connectivity index (χ2v) is 6.35. The summed E-state index contributed by atoms with van der Waals surface area (Å²) in [5.41, 5.74) is 0.499. The van der Waals surface area contributed by atoms with Crippen molar-refractivity contribution >= 4 is 0 Å². The maximum absolute atomic E-state index is 3.87. The molecule has 1 N–H and O–H groups in total. The topological polar surface area (TPSA) is 12.0 Å². The molecule has 0 spiro atoms. The minimum absolute atomic E-state index is 0.499. The normalized spacial score (nSPS) is 40.5. The van der Waals surface area contributed by atoms with E-state index in [1.807, 2.05) is 0 Å². The summed E-state index contributed by atoms with van der Waals surface area (Å²) >= 11 is 0. The van der Waals surface area contributed by atoms with Crippen LogP contribution in [0, 0.1) is 17.8 Å². The molecule has 1 saturated carbocycles. The van der Waals surface area contributed by atoms with Crippen molar-refractivity contribution < 1.29 is 0 Å². The van der Waals surface area contributed by atoms with E-state index in [1.165, 1.54) is 51.5 Å². The van der Waals surface area contributed by atoms with Crippen molar-refractivity contribution in [2.75, 3.05) is 6.54 Å². The highest BCUT2D eigenvalue weighted by Crippen LogP contribution is 2.44. The van der Waals surface area contributed by atoms with Crippen molar-refractivity contribution in [3.05, 3.63) is 0 Å². The van der Waals surface area contributed by atoms with E-state index < -0.39 is 0 Å². The second kappa shape index (κ2) is 5.08. The van der Waals surface area contributed by atoms with E-state index >= 15 is 0 Å². The molecule has 0 aromatic carbocycles. The smallest absolute Gasteiger partial charge is 0.0233 e. The zero-order valence-electron chi connectivity index (χ0n) is 11.4. The molecular formula is C15H29N. The third-order valence-electron chi connectivity index (χ3n) is 5.40. The van der Waals surface area contributed by atoms with Gasteiger partial charge < -0.3 is 5.32 Å². The quantitative estimate of drug-likeness (QED) is 0.763. The van der Waals surface area contributed by atoms with Crippen LogP contribution in [-0.2, 0) is 0 Å². The van der Waals surface area contributed by atoms with Gasteiger partial charge in [0.05, 0.1) is 0 Å². The average molecular weight is 223 g/mol. The van der Waals surface area contributed by atoms with Crippen molar-refractivity contribution in [3.8, 4) is 0 Å². The minimum atomic E-state index is 0.499. The van der Waals surface area contributed by atoms with E-state index in [0.29, 0.717) is 5.54 Å². The molecule has 2 aliphatic rings.